The summed E-state index contributed by atoms with van der Waals surface area (Å²) < 4.78 is 5.22. The number of hydrogen-bond acceptors (Lipinski definition) is 3. The highest BCUT2D eigenvalue weighted by Gasteiger charge is 2.18. The summed E-state index contributed by atoms with van der Waals surface area (Å²) >= 11 is 0. The molecule has 0 aliphatic carbocycles. The van der Waals surface area contributed by atoms with E-state index in [9.17, 15) is 9.90 Å². The fraction of sp³-hybridized carbons (Fsp3) is 0.276. The molecule has 0 aliphatic heterocycles. The van der Waals surface area contributed by atoms with Crippen LogP contribution in [0.25, 0.3) is 5.57 Å². The van der Waals surface area contributed by atoms with Crippen LogP contribution in [-0.2, 0) is 11.2 Å². The number of hydrogen-bond donors (Lipinski definition) is 1. The van der Waals surface area contributed by atoms with Crippen LogP contribution in [0.5, 0.6) is 0 Å². The van der Waals surface area contributed by atoms with Gasteiger partial charge in [-0.25, -0.2) is 4.79 Å². The number of aliphatic hydroxyl groups is 1. The molecule has 33 heavy (non-hydrogen) atoms. The third kappa shape index (κ3) is 6.56. The first-order chi connectivity index (χ1) is 16.2. The average molecular weight is 444 g/mol. The molecule has 0 fully saturated rings. The zero-order valence-electron chi connectivity index (χ0n) is 19.5. The molecule has 172 valence electrons. The molecule has 0 heterocycles. The molecule has 0 aliphatic rings. The number of rotatable bonds is 10. The molecule has 4 nitrogen and oxygen atoms in total. The van der Waals surface area contributed by atoms with Gasteiger partial charge in [0.25, 0.3) is 0 Å². The lowest BCUT2D eigenvalue weighted by molar-refractivity contribution is 0.159. The molecule has 0 spiro atoms. The van der Waals surface area contributed by atoms with Gasteiger partial charge in [0.1, 0.15) is 0 Å². The van der Waals surface area contributed by atoms with Crippen molar-refractivity contribution in [2.75, 3.05) is 24.7 Å². The molecule has 1 amide bonds. The van der Waals surface area contributed by atoms with Gasteiger partial charge in [0.05, 0.1) is 6.61 Å². The van der Waals surface area contributed by atoms with Gasteiger partial charge in [-0.15, -0.1) is 0 Å². The van der Waals surface area contributed by atoms with Gasteiger partial charge in [-0.2, -0.15) is 0 Å². The highest BCUT2D eigenvalue weighted by molar-refractivity contribution is 5.89. The summed E-state index contributed by atoms with van der Waals surface area (Å²) in [7, 11) is 0. The highest BCUT2D eigenvalue weighted by Crippen LogP contribution is 2.32. The van der Waals surface area contributed by atoms with Gasteiger partial charge in [0, 0.05) is 18.8 Å². The van der Waals surface area contributed by atoms with E-state index in [1.54, 1.807) is 11.8 Å². The molecule has 0 bridgehead atoms. The van der Waals surface area contributed by atoms with Crippen LogP contribution in [0.2, 0.25) is 0 Å². The average Bonchev–Trinajstić information content (AvgIpc) is 2.86. The second kappa shape index (κ2) is 12.6. The number of allylic oxidation sites excluding steroid dienone is 1. The molecule has 0 radical (unpaired) electrons. The second-order valence-electron chi connectivity index (χ2n) is 7.84. The summed E-state index contributed by atoms with van der Waals surface area (Å²) in [4.78, 5) is 14.0. The molecule has 0 atom stereocenters. The Hall–Kier alpha value is -3.37. The van der Waals surface area contributed by atoms with Gasteiger partial charge in [-0.1, -0.05) is 85.3 Å². The molecule has 4 heteroatoms. The molecule has 0 unspecified atom stereocenters. The van der Waals surface area contributed by atoms with Gasteiger partial charge < -0.3 is 9.84 Å². The number of anilines is 1. The van der Waals surface area contributed by atoms with E-state index in [4.69, 9.17) is 4.74 Å². The minimum Gasteiger partial charge on any atom is -0.449 e. The van der Waals surface area contributed by atoms with Crippen molar-refractivity contribution < 1.29 is 14.6 Å². The Bertz CT molecular complexity index is 1030. The van der Waals surface area contributed by atoms with Crippen molar-refractivity contribution in [3.8, 4) is 0 Å². The molecule has 3 rings (SSSR count). The SMILES string of the molecule is CCOC(=O)N(CCCO)c1ccc(/C(=C(/CC)Cc2ccccc2)c2ccccc2)cc1. The van der Waals surface area contributed by atoms with Crippen molar-refractivity contribution in [2.24, 2.45) is 0 Å². The van der Waals surface area contributed by atoms with Crippen LogP contribution in [0.15, 0.2) is 90.5 Å². The number of nitrogens with zero attached hydrogens (tertiary/aromatic N) is 1. The highest BCUT2D eigenvalue weighted by atomic mass is 16.6. The number of ether oxygens (including phenoxy) is 1. The number of carbonyl (C=O) groups is 1. The zero-order chi connectivity index (χ0) is 23.5. The van der Waals surface area contributed by atoms with Crippen molar-refractivity contribution >= 4 is 17.4 Å². The summed E-state index contributed by atoms with van der Waals surface area (Å²) in [5.74, 6) is 0. The summed E-state index contributed by atoms with van der Waals surface area (Å²) in [5.41, 5.74) is 6.94. The Morgan fingerprint density at radius 1 is 0.848 bits per heavy atom. The first kappa shape index (κ1) is 24.3. The Morgan fingerprint density at radius 3 is 2.03 bits per heavy atom. The second-order valence-corrected chi connectivity index (χ2v) is 7.84. The van der Waals surface area contributed by atoms with Crippen LogP contribution in [0.3, 0.4) is 0 Å². The van der Waals surface area contributed by atoms with Gasteiger partial charge in [-0.05, 0) is 60.6 Å². The third-order valence-electron chi connectivity index (χ3n) is 5.60. The predicted molar refractivity (Wildman–Crippen MR) is 135 cm³/mol. The fourth-order valence-corrected chi connectivity index (χ4v) is 3.98. The van der Waals surface area contributed by atoms with Gasteiger partial charge in [0.15, 0.2) is 0 Å². The Labute approximate surface area is 197 Å². The van der Waals surface area contributed by atoms with Crippen molar-refractivity contribution in [2.45, 2.75) is 33.1 Å². The van der Waals surface area contributed by atoms with Crippen LogP contribution in [-0.4, -0.2) is 31.0 Å². The van der Waals surface area contributed by atoms with E-state index in [2.05, 4.69) is 67.6 Å². The topological polar surface area (TPSA) is 49.8 Å². The molecular weight excluding hydrogens is 410 g/mol. The Morgan fingerprint density at radius 2 is 1.45 bits per heavy atom. The monoisotopic (exact) mass is 443 g/mol. The maximum absolute atomic E-state index is 12.5. The van der Waals surface area contributed by atoms with Crippen molar-refractivity contribution in [3.05, 3.63) is 107 Å². The lowest BCUT2D eigenvalue weighted by Crippen LogP contribution is -2.33. The molecular formula is C29H33NO3. The van der Waals surface area contributed by atoms with E-state index in [-0.39, 0.29) is 6.61 Å². The smallest absolute Gasteiger partial charge is 0.414 e. The predicted octanol–water partition coefficient (Wildman–Crippen LogP) is 6.49. The summed E-state index contributed by atoms with van der Waals surface area (Å²) in [6, 6.07) is 29.1. The van der Waals surface area contributed by atoms with E-state index in [1.165, 1.54) is 22.3 Å². The van der Waals surface area contributed by atoms with Crippen LogP contribution >= 0.6 is 0 Å². The molecule has 3 aromatic rings. The number of carbonyl (C=O) groups excluding carboxylic acids is 1. The summed E-state index contributed by atoms with van der Waals surface area (Å²) in [6.45, 7) is 4.74. The molecule has 0 aromatic heterocycles. The molecule has 0 saturated heterocycles. The van der Waals surface area contributed by atoms with Gasteiger partial charge >= 0.3 is 6.09 Å². The van der Waals surface area contributed by atoms with E-state index >= 15 is 0 Å². The number of aliphatic hydroxyl groups excluding tert-OH is 1. The lowest BCUT2D eigenvalue weighted by Gasteiger charge is -2.22. The van der Waals surface area contributed by atoms with Gasteiger partial charge in [0.2, 0.25) is 0 Å². The van der Waals surface area contributed by atoms with Crippen LogP contribution in [0, 0.1) is 0 Å². The summed E-state index contributed by atoms with van der Waals surface area (Å²) in [5, 5.41) is 9.24. The lowest BCUT2D eigenvalue weighted by atomic mass is 9.88. The van der Waals surface area contributed by atoms with Crippen LogP contribution in [0.1, 0.15) is 43.4 Å². The first-order valence-electron chi connectivity index (χ1n) is 11.6. The zero-order valence-corrected chi connectivity index (χ0v) is 19.5. The standard InChI is InChI=1S/C29H33NO3/c1-3-24(22-23-12-7-5-8-13-23)28(25-14-9-6-10-15-25)26-16-18-27(19-17-26)30(20-11-21-31)29(32)33-4-2/h5-10,12-19,31H,3-4,11,20-22H2,1-2H3/b28-24-. The van der Waals surface area contributed by atoms with Crippen LogP contribution < -0.4 is 4.90 Å². The quantitative estimate of drug-likeness (QED) is 0.390. The molecule has 1 N–H and O–H groups in total. The Balaban J connectivity index is 2.01. The van der Waals surface area contributed by atoms with Crippen molar-refractivity contribution in [1.29, 1.82) is 0 Å². The number of benzene rings is 3. The summed E-state index contributed by atoms with van der Waals surface area (Å²) in [6.07, 6.45) is 1.92. The van der Waals surface area contributed by atoms with Crippen LogP contribution in [0.4, 0.5) is 10.5 Å². The molecule has 3 aromatic carbocycles. The van der Waals surface area contributed by atoms with E-state index in [0.29, 0.717) is 19.6 Å². The minimum atomic E-state index is -0.393. The van der Waals surface area contributed by atoms with Crippen molar-refractivity contribution in [3.63, 3.8) is 0 Å². The number of amides is 1. The van der Waals surface area contributed by atoms with E-state index in [1.807, 2.05) is 24.3 Å². The van der Waals surface area contributed by atoms with E-state index < -0.39 is 6.09 Å². The van der Waals surface area contributed by atoms with Gasteiger partial charge in [-0.3, -0.25) is 4.90 Å². The maximum atomic E-state index is 12.5. The largest absolute Gasteiger partial charge is 0.449 e. The van der Waals surface area contributed by atoms with Crippen molar-refractivity contribution in [1.82, 2.24) is 0 Å². The first-order valence-corrected chi connectivity index (χ1v) is 11.6. The minimum absolute atomic E-state index is 0.0221. The Kier molecular flexibility index (Phi) is 9.28. The van der Waals surface area contributed by atoms with E-state index in [0.717, 1.165) is 24.1 Å². The molecule has 0 saturated carbocycles. The fourth-order valence-electron chi connectivity index (χ4n) is 3.98. The third-order valence-corrected chi connectivity index (χ3v) is 5.60. The normalized spacial score (nSPS) is 11.6. The maximum Gasteiger partial charge on any atom is 0.414 e.